The Morgan fingerprint density at radius 1 is 0.963 bits per heavy atom. The van der Waals surface area contributed by atoms with Gasteiger partial charge in [-0.05, 0) is 49.2 Å². The topological polar surface area (TPSA) is 38.3 Å². The molecule has 0 unspecified atom stereocenters. The summed E-state index contributed by atoms with van der Waals surface area (Å²) in [7, 11) is 0. The monoisotopic (exact) mass is 390 g/mol. The molecule has 5 heteroatoms. The minimum Gasteiger partial charge on any atom is -0.491 e. The summed E-state index contributed by atoms with van der Waals surface area (Å²) in [6.07, 6.45) is -0.432. The van der Waals surface area contributed by atoms with E-state index in [1.165, 1.54) is 21.6 Å². The van der Waals surface area contributed by atoms with Crippen LogP contribution in [0.25, 0.3) is 0 Å². The number of aliphatic hydroxyl groups is 1. The summed E-state index contributed by atoms with van der Waals surface area (Å²) in [6.45, 7) is 10.7. The first-order chi connectivity index (χ1) is 13.0. The molecule has 1 aliphatic rings. The number of ether oxygens (including phenoxy) is 1. The summed E-state index contributed by atoms with van der Waals surface area (Å²) < 4.78 is 5.80. The molecule has 0 radical (unpaired) electrons. The van der Waals surface area contributed by atoms with Gasteiger partial charge in [0.15, 0.2) is 0 Å². The summed E-state index contributed by atoms with van der Waals surface area (Å²) in [5, 5.41) is 11.2. The molecule has 0 saturated carbocycles. The smallest absolute Gasteiger partial charge is 0.137 e. The van der Waals surface area contributed by atoms with Crippen molar-refractivity contribution >= 4 is 11.6 Å². The van der Waals surface area contributed by atoms with Crippen LogP contribution in [0.2, 0.25) is 5.02 Å². The predicted octanol–water partition coefficient (Wildman–Crippen LogP) is 0.680. The Kier molecular flexibility index (Phi) is 7.13. The van der Waals surface area contributed by atoms with Crippen LogP contribution in [0.1, 0.15) is 16.7 Å². The SMILES string of the molecule is Cc1cc(C)cc(OC[C@H](O)C[NH+]2CC[NH+](Cc3ccc(Cl)cc3)CC2)c1. The highest BCUT2D eigenvalue weighted by Crippen LogP contribution is 2.16. The lowest BCUT2D eigenvalue weighted by Gasteiger charge is -2.30. The van der Waals surface area contributed by atoms with Crippen LogP contribution < -0.4 is 14.5 Å². The number of hydrogen-bond acceptors (Lipinski definition) is 2. The van der Waals surface area contributed by atoms with Gasteiger partial charge in [0.2, 0.25) is 0 Å². The lowest BCUT2D eigenvalue weighted by Crippen LogP contribution is -3.28. The van der Waals surface area contributed by atoms with Crippen molar-refractivity contribution in [3.63, 3.8) is 0 Å². The Bertz CT molecular complexity index is 707. The molecule has 1 heterocycles. The molecular weight excluding hydrogens is 360 g/mol. The van der Waals surface area contributed by atoms with Crippen molar-refractivity contribution in [1.29, 1.82) is 0 Å². The lowest BCUT2D eigenvalue weighted by molar-refractivity contribution is -1.02. The van der Waals surface area contributed by atoms with Gasteiger partial charge in [-0.15, -0.1) is 0 Å². The fourth-order valence-electron chi connectivity index (χ4n) is 3.83. The van der Waals surface area contributed by atoms with E-state index in [4.69, 9.17) is 16.3 Å². The molecule has 1 saturated heterocycles. The molecule has 0 aromatic heterocycles. The number of quaternary nitrogens is 2. The second-order valence-corrected chi connectivity index (χ2v) is 8.23. The first-order valence-corrected chi connectivity index (χ1v) is 10.2. The normalized spacial score (nSPS) is 21.0. The van der Waals surface area contributed by atoms with Gasteiger partial charge in [-0.1, -0.05) is 29.8 Å². The number of aryl methyl sites for hydroxylation is 2. The van der Waals surface area contributed by atoms with Gasteiger partial charge in [-0.2, -0.15) is 0 Å². The quantitative estimate of drug-likeness (QED) is 0.650. The van der Waals surface area contributed by atoms with E-state index in [1.54, 1.807) is 4.90 Å². The van der Waals surface area contributed by atoms with E-state index in [-0.39, 0.29) is 0 Å². The van der Waals surface area contributed by atoms with Crippen molar-refractivity contribution in [2.45, 2.75) is 26.5 Å². The molecule has 146 valence electrons. The van der Waals surface area contributed by atoms with Gasteiger partial charge < -0.3 is 19.6 Å². The summed E-state index contributed by atoms with van der Waals surface area (Å²) in [5.41, 5.74) is 3.70. The van der Waals surface area contributed by atoms with E-state index in [2.05, 4.69) is 32.0 Å². The Hall–Kier alpha value is -1.59. The van der Waals surface area contributed by atoms with Crippen LogP contribution in [0.15, 0.2) is 42.5 Å². The van der Waals surface area contributed by atoms with Crippen molar-refractivity contribution < 1.29 is 19.6 Å². The third-order valence-electron chi connectivity index (χ3n) is 5.19. The second kappa shape index (κ2) is 9.56. The molecule has 2 aromatic rings. The van der Waals surface area contributed by atoms with Gasteiger partial charge in [0.05, 0.1) is 0 Å². The highest BCUT2D eigenvalue weighted by molar-refractivity contribution is 6.30. The molecule has 4 nitrogen and oxygen atoms in total. The number of halogens is 1. The standard InChI is InChI=1S/C22H29ClN2O2/c1-17-11-18(2)13-22(12-17)27-16-21(26)15-25-9-7-24(8-10-25)14-19-3-5-20(23)6-4-19/h3-6,11-13,21,26H,7-10,14-16H2,1-2H3/p+2/t21-/m1/s1. The van der Waals surface area contributed by atoms with Crippen molar-refractivity contribution in [2.75, 3.05) is 39.3 Å². The van der Waals surface area contributed by atoms with Crippen LogP contribution >= 0.6 is 11.6 Å². The number of piperazine rings is 1. The minimum atomic E-state index is -0.432. The fourth-order valence-corrected chi connectivity index (χ4v) is 3.96. The molecule has 1 fully saturated rings. The average Bonchev–Trinajstić information content (AvgIpc) is 2.63. The predicted molar refractivity (Wildman–Crippen MR) is 109 cm³/mol. The average molecular weight is 391 g/mol. The first kappa shape index (κ1) is 20.2. The number of aliphatic hydroxyl groups excluding tert-OH is 1. The highest BCUT2D eigenvalue weighted by atomic mass is 35.5. The molecule has 1 aliphatic heterocycles. The maximum Gasteiger partial charge on any atom is 0.137 e. The Labute approximate surface area is 167 Å². The summed E-state index contributed by atoms with van der Waals surface area (Å²) in [5.74, 6) is 0.846. The van der Waals surface area contributed by atoms with Crippen LogP contribution in [0.5, 0.6) is 5.75 Å². The zero-order chi connectivity index (χ0) is 19.2. The number of hydrogen-bond donors (Lipinski definition) is 3. The van der Waals surface area contributed by atoms with E-state index >= 15 is 0 Å². The van der Waals surface area contributed by atoms with Gasteiger partial charge in [0, 0.05) is 10.6 Å². The molecule has 0 aliphatic carbocycles. The van der Waals surface area contributed by atoms with Crippen molar-refractivity contribution in [2.24, 2.45) is 0 Å². The van der Waals surface area contributed by atoms with Crippen LogP contribution in [-0.2, 0) is 6.54 Å². The summed E-state index contributed by atoms with van der Waals surface area (Å²) >= 11 is 5.96. The summed E-state index contributed by atoms with van der Waals surface area (Å²) in [6, 6.07) is 14.3. The second-order valence-electron chi connectivity index (χ2n) is 7.80. The van der Waals surface area contributed by atoms with Crippen LogP contribution in [0.4, 0.5) is 0 Å². The van der Waals surface area contributed by atoms with E-state index in [9.17, 15) is 5.11 Å². The zero-order valence-electron chi connectivity index (χ0n) is 16.3. The fraction of sp³-hybridized carbons (Fsp3) is 0.455. The number of rotatable bonds is 7. The minimum absolute atomic E-state index is 0.355. The highest BCUT2D eigenvalue weighted by Gasteiger charge is 2.25. The molecule has 0 spiro atoms. The molecule has 0 amide bonds. The molecular formula is C22H31ClN2O2+2. The van der Waals surface area contributed by atoms with E-state index in [1.807, 2.05) is 24.3 Å². The van der Waals surface area contributed by atoms with E-state index in [0.717, 1.165) is 50.0 Å². The molecule has 3 rings (SSSR count). The van der Waals surface area contributed by atoms with Gasteiger partial charge in [0.25, 0.3) is 0 Å². The Morgan fingerprint density at radius 2 is 1.56 bits per heavy atom. The largest absolute Gasteiger partial charge is 0.491 e. The van der Waals surface area contributed by atoms with E-state index < -0.39 is 6.10 Å². The van der Waals surface area contributed by atoms with Crippen LogP contribution in [0, 0.1) is 13.8 Å². The van der Waals surface area contributed by atoms with Gasteiger partial charge in [-0.25, -0.2) is 0 Å². The van der Waals surface area contributed by atoms with Crippen molar-refractivity contribution in [1.82, 2.24) is 0 Å². The van der Waals surface area contributed by atoms with Crippen LogP contribution in [-0.4, -0.2) is 50.5 Å². The molecule has 2 aromatic carbocycles. The van der Waals surface area contributed by atoms with Crippen molar-refractivity contribution in [3.8, 4) is 5.75 Å². The Balaban J connectivity index is 1.38. The van der Waals surface area contributed by atoms with Gasteiger partial charge in [0.1, 0.15) is 57.7 Å². The molecule has 27 heavy (non-hydrogen) atoms. The molecule has 1 atom stereocenters. The molecule has 3 N–H and O–H groups in total. The number of benzene rings is 2. The van der Waals surface area contributed by atoms with E-state index in [0.29, 0.717) is 6.61 Å². The maximum atomic E-state index is 10.4. The van der Waals surface area contributed by atoms with Crippen molar-refractivity contribution in [3.05, 3.63) is 64.2 Å². The Morgan fingerprint density at radius 3 is 2.19 bits per heavy atom. The lowest BCUT2D eigenvalue weighted by atomic mass is 10.1. The molecule has 0 bridgehead atoms. The summed E-state index contributed by atoms with van der Waals surface area (Å²) in [4.78, 5) is 3.06. The third kappa shape index (κ3) is 6.51. The first-order valence-electron chi connectivity index (χ1n) is 9.78. The number of nitrogens with one attached hydrogen (secondary N) is 2. The third-order valence-corrected chi connectivity index (χ3v) is 5.45. The zero-order valence-corrected chi connectivity index (χ0v) is 17.1. The maximum absolute atomic E-state index is 10.4. The van der Waals surface area contributed by atoms with Gasteiger partial charge >= 0.3 is 0 Å². The van der Waals surface area contributed by atoms with Gasteiger partial charge in [-0.3, -0.25) is 0 Å². The van der Waals surface area contributed by atoms with Crippen LogP contribution in [0.3, 0.4) is 0 Å².